The fourth-order valence-corrected chi connectivity index (χ4v) is 3.37. The normalized spacial score (nSPS) is 28.0. The van der Waals surface area contributed by atoms with Gasteiger partial charge in [-0.3, -0.25) is 14.4 Å². The molecule has 0 bridgehead atoms. The predicted molar refractivity (Wildman–Crippen MR) is 101 cm³/mol. The first-order valence-corrected chi connectivity index (χ1v) is 9.38. The smallest absolute Gasteiger partial charge is 0.334 e. The maximum Gasteiger partial charge on any atom is 0.334 e. The second-order valence-corrected chi connectivity index (χ2v) is 7.06. The fraction of sp³-hybridized carbons (Fsp3) is 0.524. The Balaban J connectivity index is 2.39. The molecule has 1 heterocycles. The Morgan fingerprint density at radius 1 is 1.07 bits per heavy atom. The predicted octanol–water partition coefficient (Wildman–Crippen LogP) is 2.18. The van der Waals surface area contributed by atoms with Crippen molar-refractivity contribution in [2.45, 2.75) is 52.2 Å². The number of hydrogen-bond acceptors (Lipinski definition) is 8. The average Bonchev–Trinajstić information content (AvgIpc) is 2.89. The van der Waals surface area contributed by atoms with Crippen molar-refractivity contribution in [2.75, 3.05) is 13.2 Å². The average molecular weight is 406 g/mol. The molecule has 1 fully saturated rings. The maximum absolute atomic E-state index is 12.2. The summed E-state index contributed by atoms with van der Waals surface area (Å²) in [5.41, 5.74) is 1.73. The zero-order valence-corrected chi connectivity index (χ0v) is 16.9. The van der Waals surface area contributed by atoms with Gasteiger partial charge in [0.05, 0.1) is 5.92 Å². The van der Waals surface area contributed by atoms with Crippen molar-refractivity contribution in [1.82, 2.24) is 0 Å². The van der Waals surface area contributed by atoms with E-state index in [4.69, 9.17) is 18.9 Å². The number of carbonyl (C=O) groups is 4. The Morgan fingerprint density at radius 3 is 2.28 bits per heavy atom. The molecule has 0 aromatic heterocycles. The number of hydrogen-bond donors (Lipinski definition) is 0. The number of ether oxygens (including phenoxy) is 4. The van der Waals surface area contributed by atoms with E-state index in [0.29, 0.717) is 19.3 Å². The SMILES string of the molecule is C=C1C(=O)O[C@H]2C/C(COC(C)=O)=C/CC/C(COC(C)=O)=C/[C@@H](OC(C)=O)C12. The van der Waals surface area contributed by atoms with Crippen LogP contribution in [0.4, 0.5) is 0 Å². The number of allylic oxidation sites excluding steroid dienone is 1. The van der Waals surface area contributed by atoms with E-state index in [1.807, 2.05) is 6.08 Å². The third-order valence-electron chi connectivity index (χ3n) is 4.66. The maximum atomic E-state index is 12.2. The summed E-state index contributed by atoms with van der Waals surface area (Å²) in [6.45, 7) is 7.83. The first-order chi connectivity index (χ1) is 13.7. The summed E-state index contributed by atoms with van der Waals surface area (Å²) in [6.07, 6.45) is 3.66. The zero-order chi connectivity index (χ0) is 21.6. The van der Waals surface area contributed by atoms with Crippen LogP contribution < -0.4 is 0 Å². The van der Waals surface area contributed by atoms with Gasteiger partial charge < -0.3 is 18.9 Å². The second-order valence-electron chi connectivity index (χ2n) is 7.06. The molecule has 8 heteroatoms. The van der Waals surface area contributed by atoms with Gasteiger partial charge in [-0.25, -0.2) is 4.79 Å². The Bertz CT molecular complexity index is 761. The molecule has 29 heavy (non-hydrogen) atoms. The molecule has 0 aromatic rings. The molecule has 1 aliphatic carbocycles. The lowest BCUT2D eigenvalue weighted by Crippen LogP contribution is -2.33. The number of fused-ring (bicyclic) bond motifs is 1. The van der Waals surface area contributed by atoms with Crippen LogP contribution in [0.15, 0.2) is 35.5 Å². The van der Waals surface area contributed by atoms with Gasteiger partial charge in [-0.2, -0.15) is 0 Å². The van der Waals surface area contributed by atoms with Gasteiger partial charge in [-0.1, -0.05) is 12.7 Å². The summed E-state index contributed by atoms with van der Waals surface area (Å²) >= 11 is 0. The van der Waals surface area contributed by atoms with E-state index in [9.17, 15) is 19.2 Å². The van der Waals surface area contributed by atoms with Gasteiger partial charge in [0.1, 0.15) is 25.4 Å². The highest BCUT2D eigenvalue weighted by Crippen LogP contribution is 2.36. The Morgan fingerprint density at radius 2 is 1.69 bits per heavy atom. The number of rotatable bonds is 5. The Labute approximate surface area is 169 Å². The Hall–Kier alpha value is -2.90. The van der Waals surface area contributed by atoms with Crippen LogP contribution in [-0.2, 0) is 38.1 Å². The standard InChI is InChI=1S/C21H26O8/c1-12-20-18(28-15(4)24)8-16(10-26-13(2)22)6-5-7-17(11-27-14(3)23)9-19(20)29-21(12)25/h7-8,18-20H,1,5-6,9-11H2,2-4H3/b16-8-,17-7-/t18-,19+,20?/m1/s1. The first-order valence-electron chi connectivity index (χ1n) is 9.38. The van der Waals surface area contributed by atoms with Crippen molar-refractivity contribution in [1.29, 1.82) is 0 Å². The number of carbonyl (C=O) groups excluding carboxylic acids is 4. The molecule has 2 aliphatic rings. The minimum atomic E-state index is -0.796. The molecule has 8 nitrogen and oxygen atoms in total. The van der Waals surface area contributed by atoms with Gasteiger partial charge in [-0.15, -0.1) is 0 Å². The summed E-state index contributed by atoms with van der Waals surface area (Å²) in [7, 11) is 0. The molecule has 0 saturated carbocycles. The quantitative estimate of drug-likeness (QED) is 0.296. The van der Waals surface area contributed by atoms with E-state index in [0.717, 1.165) is 11.1 Å². The summed E-state index contributed by atoms with van der Waals surface area (Å²) < 4.78 is 21.2. The summed E-state index contributed by atoms with van der Waals surface area (Å²) in [5.74, 6) is -2.52. The topological polar surface area (TPSA) is 105 Å². The van der Waals surface area contributed by atoms with E-state index in [1.54, 1.807) is 6.08 Å². The van der Waals surface area contributed by atoms with Gasteiger partial charge in [0.25, 0.3) is 0 Å². The van der Waals surface area contributed by atoms with Crippen LogP contribution in [-0.4, -0.2) is 49.3 Å². The molecule has 0 amide bonds. The van der Waals surface area contributed by atoms with E-state index in [-0.39, 0.29) is 18.8 Å². The first kappa shape index (κ1) is 22.4. The highest BCUT2D eigenvalue weighted by Gasteiger charge is 2.44. The molecule has 2 rings (SSSR count). The summed E-state index contributed by atoms with van der Waals surface area (Å²) in [5, 5.41) is 0. The van der Waals surface area contributed by atoms with Crippen molar-refractivity contribution in [3.8, 4) is 0 Å². The molecule has 0 radical (unpaired) electrons. The summed E-state index contributed by atoms with van der Waals surface area (Å²) in [6, 6.07) is 0. The van der Waals surface area contributed by atoms with Crippen LogP contribution >= 0.6 is 0 Å². The van der Waals surface area contributed by atoms with Crippen LogP contribution in [0.5, 0.6) is 0 Å². The fourth-order valence-electron chi connectivity index (χ4n) is 3.37. The van der Waals surface area contributed by atoms with Crippen LogP contribution in [0.3, 0.4) is 0 Å². The second kappa shape index (κ2) is 10.0. The van der Waals surface area contributed by atoms with Gasteiger partial charge >= 0.3 is 23.9 Å². The van der Waals surface area contributed by atoms with Gasteiger partial charge in [0, 0.05) is 32.8 Å². The summed E-state index contributed by atoms with van der Waals surface area (Å²) in [4.78, 5) is 46.3. The molecule has 1 unspecified atom stereocenters. The monoisotopic (exact) mass is 406 g/mol. The Kier molecular flexibility index (Phi) is 7.75. The minimum Gasteiger partial charge on any atom is -0.461 e. The highest BCUT2D eigenvalue weighted by atomic mass is 16.6. The highest BCUT2D eigenvalue weighted by molar-refractivity contribution is 5.91. The van der Waals surface area contributed by atoms with Crippen LogP contribution in [0.2, 0.25) is 0 Å². The molecular formula is C21H26O8. The largest absolute Gasteiger partial charge is 0.461 e. The van der Waals surface area contributed by atoms with E-state index in [1.165, 1.54) is 20.8 Å². The molecule has 0 spiro atoms. The molecular weight excluding hydrogens is 380 g/mol. The number of esters is 4. The van der Waals surface area contributed by atoms with Crippen molar-refractivity contribution in [3.05, 3.63) is 35.5 Å². The van der Waals surface area contributed by atoms with E-state index >= 15 is 0 Å². The molecule has 0 aromatic carbocycles. The van der Waals surface area contributed by atoms with Gasteiger partial charge in [-0.05, 0) is 30.1 Å². The van der Waals surface area contributed by atoms with Crippen molar-refractivity contribution < 1.29 is 38.1 Å². The van der Waals surface area contributed by atoms with E-state index in [2.05, 4.69) is 6.58 Å². The molecule has 1 aliphatic heterocycles. The molecule has 3 atom stereocenters. The third-order valence-corrected chi connectivity index (χ3v) is 4.66. The molecule has 1 saturated heterocycles. The van der Waals surface area contributed by atoms with Crippen molar-refractivity contribution in [3.63, 3.8) is 0 Å². The third kappa shape index (κ3) is 6.58. The molecule has 0 N–H and O–H groups in total. The lowest BCUT2D eigenvalue weighted by molar-refractivity contribution is -0.148. The molecule has 158 valence electrons. The van der Waals surface area contributed by atoms with Gasteiger partial charge in [0.15, 0.2) is 0 Å². The van der Waals surface area contributed by atoms with Crippen LogP contribution in [0.25, 0.3) is 0 Å². The van der Waals surface area contributed by atoms with Crippen molar-refractivity contribution in [2.24, 2.45) is 5.92 Å². The van der Waals surface area contributed by atoms with Crippen LogP contribution in [0, 0.1) is 5.92 Å². The van der Waals surface area contributed by atoms with Crippen LogP contribution in [0.1, 0.15) is 40.0 Å². The lowest BCUT2D eigenvalue weighted by atomic mass is 9.85. The van der Waals surface area contributed by atoms with Crippen molar-refractivity contribution >= 4 is 23.9 Å². The van der Waals surface area contributed by atoms with E-state index < -0.39 is 42.0 Å². The van der Waals surface area contributed by atoms with Gasteiger partial charge in [0.2, 0.25) is 0 Å². The zero-order valence-electron chi connectivity index (χ0n) is 16.9. The minimum absolute atomic E-state index is 0.0406. The lowest BCUT2D eigenvalue weighted by Gasteiger charge is -2.27.